The predicted octanol–water partition coefficient (Wildman–Crippen LogP) is 1.47. The van der Waals surface area contributed by atoms with Crippen LogP contribution < -0.4 is 10.5 Å². The molecule has 4 heteroatoms. The number of fused-ring (bicyclic) bond motifs is 1. The summed E-state index contributed by atoms with van der Waals surface area (Å²) in [6.07, 6.45) is 0. The van der Waals surface area contributed by atoms with Crippen molar-refractivity contribution in [3.63, 3.8) is 0 Å². The highest BCUT2D eigenvalue weighted by Gasteiger charge is 2.04. The summed E-state index contributed by atoms with van der Waals surface area (Å²) >= 11 is 0. The van der Waals surface area contributed by atoms with Crippen LogP contribution in [0.5, 0.6) is 5.75 Å². The van der Waals surface area contributed by atoms with Gasteiger partial charge in [0.05, 0.1) is 5.69 Å². The summed E-state index contributed by atoms with van der Waals surface area (Å²) in [6, 6.07) is 5.61. The van der Waals surface area contributed by atoms with Crippen LogP contribution >= 0.6 is 0 Å². The Balaban J connectivity index is 2.34. The monoisotopic (exact) mass is 192 g/mol. The van der Waals surface area contributed by atoms with Crippen LogP contribution in [0.1, 0.15) is 5.69 Å². The molecule has 1 heterocycles. The molecule has 0 saturated heterocycles. The van der Waals surface area contributed by atoms with Crippen molar-refractivity contribution in [2.75, 3.05) is 13.2 Å². The highest BCUT2D eigenvalue weighted by atomic mass is 16.5. The van der Waals surface area contributed by atoms with Crippen molar-refractivity contribution in [2.45, 2.75) is 6.92 Å². The number of nitrogens with two attached hydrogens (primary N) is 1. The lowest BCUT2D eigenvalue weighted by Gasteiger charge is -2.03. The Bertz CT molecular complexity index is 437. The van der Waals surface area contributed by atoms with Gasteiger partial charge in [0.25, 0.3) is 0 Å². The largest absolute Gasteiger partial charge is 0.492 e. The Hall–Kier alpha value is -1.55. The number of aromatic nitrogens is 1. The third kappa shape index (κ3) is 1.56. The zero-order valence-corrected chi connectivity index (χ0v) is 7.99. The molecule has 74 valence electrons. The Morgan fingerprint density at radius 1 is 1.50 bits per heavy atom. The smallest absolute Gasteiger partial charge is 0.167 e. The molecule has 4 nitrogen and oxygen atoms in total. The van der Waals surface area contributed by atoms with Crippen molar-refractivity contribution in [3.05, 3.63) is 23.9 Å². The molecular formula is C10H12N2O2. The minimum Gasteiger partial charge on any atom is -0.492 e. The number of aryl methyl sites for hydroxylation is 1. The molecule has 14 heavy (non-hydrogen) atoms. The molecule has 2 aromatic rings. The van der Waals surface area contributed by atoms with Crippen LogP contribution in [-0.4, -0.2) is 18.3 Å². The van der Waals surface area contributed by atoms with Crippen LogP contribution in [0.4, 0.5) is 0 Å². The van der Waals surface area contributed by atoms with Crippen LogP contribution in [-0.2, 0) is 0 Å². The number of nitrogens with zero attached hydrogens (tertiary/aromatic N) is 1. The summed E-state index contributed by atoms with van der Waals surface area (Å²) < 4.78 is 10.5. The van der Waals surface area contributed by atoms with Crippen molar-refractivity contribution in [1.82, 2.24) is 5.16 Å². The molecule has 0 aliphatic carbocycles. The Morgan fingerprint density at radius 2 is 2.36 bits per heavy atom. The van der Waals surface area contributed by atoms with Gasteiger partial charge in [0.15, 0.2) is 5.58 Å². The first-order valence-electron chi connectivity index (χ1n) is 4.50. The highest BCUT2D eigenvalue weighted by Crippen LogP contribution is 2.23. The molecule has 0 amide bonds. The fourth-order valence-electron chi connectivity index (χ4n) is 1.30. The van der Waals surface area contributed by atoms with E-state index >= 15 is 0 Å². The molecule has 0 radical (unpaired) electrons. The molecule has 0 unspecified atom stereocenters. The Morgan fingerprint density at radius 3 is 3.14 bits per heavy atom. The van der Waals surface area contributed by atoms with E-state index in [1.807, 2.05) is 25.1 Å². The maximum atomic E-state index is 5.39. The maximum Gasteiger partial charge on any atom is 0.167 e. The zero-order chi connectivity index (χ0) is 9.97. The van der Waals surface area contributed by atoms with Gasteiger partial charge in [-0.05, 0) is 25.1 Å². The zero-order valence-electron chi connectivity index (χ0n) is 7.99. The van der Waals surface area contributed by atoms with Gasteiger partial charge in [0, 0.05) is 11.9 Å². The molecule has 0 atom stereocenters. The van der Waals surface area contributed by atoms with Gasteiger partial charge >= 0.3 is 0 Å². The third-order valence-electron chi connectivity index (χ3n) is 2.01. The predicted molar refractivity (Wildman–Crippen MR) is 53.3 cm³/mol. The molecule has 2 N–H and O–H groups in total. The minimum absolute atomic E-state index is 0.515. The number of hydrogen-bond acceptors (Lipinski definition) is 4. The van der Waals surface area contributed by atoms with Gasteiger partial charge in [-0.25, -0.2) is 0 Å². The van der Waals surface area contributed by atoms with Crippen LogP contribution in [0.15, 0.2) is 22.7 Å². The SMILES string of the molecule is Cc1noc2ccc(OCCN)cc12. The van der Waals surface area contributed by atoms with E-state index in [1.54, 1.807) is 0 Å². The molecule has 0 aliphatic heterocycles. The molecule has 2 rings (SSSR count). The minimum atomic E-state index is 0.515. The van der Waals surface area contributed by atoms with Gasteiger partial charge in [0.1, 0.15) is 12.4 Å². The molecule has 0 aliphatic rings. The van der Waals surface area contributed by atoms with Crippen molar-refractivity contribution in [3.8, 4) is 5.75 Å². The second-order valence-electron chi connectivity index (χ2n) is 3.06. The van der Waals surface area contributed by atoms with Gasteiger partial charge < -0.3 is 15.0 Å². The average Bonchev–Trinajstić information content (AvgIpc) is 2.57. The first kappa shape index (κ1) is 9.02. The highest BCUT2D eigenvalue weighted by molar-refractivity contribution is 5.80. The van der Waals surface area contributed by atoms with E-state index in [0.29, 0.717) is 13.2 Å². The van der Waals surface area contributed by atoms with Gasteiger partial charge in [0.2, 0.25) is 0 Å². The van der Waals surface area contributed by atoms with E-state index in [9.17, 15) is 0 Å². The van der Waals surface area contributed by atoms with Crippen LogP contribution in [0.25, 0.3) is 11.0 Å². The van der Waals surface area contributed by atoms with E-state index in [1.165, 1.54) is 0 Å². The van der Waals surface area contributed by atoms with Crippen LogP contribution in [0.2, 0.25) is 0 Å². The third-order valence-corrected chi connectivity index (χ3v) is 2.01. The second kappa shape index (κ2) is 3.67. The molecule has 0 bridgehead atoms. The Kier molecular flexibility index (Phi) is 2.37. The fourth-order valence-corrected chi connectivity index (χ4v) is 1.30. The lowest BCUT2D eigenvalue weighted by atomic mass is 10.2. The molecule has 1 aromatic carbocycles. The van der Waals surface area contributed by atoms with Crippen LogP contribution in [0, 0.1) is 6.92 Å². The summed E-state index contributed by atoms with van der Waals surface area (Å²) in [5.74, 6) is 0.800. The van der Waals surface area contributed by atoms with E-state index in [4.69, 9.17) is 15.0 Å². The van der Waals surface area contributed by atoms with E-state index in [-0.39, 0.29) is 0 Å². The van der Waals surface area contributed by atoms with Crippen molar-refractivity contribution in [2.24, 2.45) is 5.73 Å². The number of rotatable bonds is 3. The van der Waals surface area contributed by atoms with Gasteiger partial charge in [-0.3, -0.25) is 0 Å². The van der Waals surface area contributed by atoms with Gasteiger partial charge in [-0.2, -0.15) is 0 Å². The number of ether oxygens (including phenoxy) is 1. The topological polar surface area (TPSA) is 61.3 Å². The molecule has 0 spiro atoms. The van der Waals surface area contributed by atoms with E-state index < -0.39 is 0 Å². The Labute approximate surface area is 81.6 Å². The summed E-state index contributed by atoms with van der Waals surface area (Å²) in [5, 5.41) is 4.85. The quantitative estimate of drug-likeness (QED) is 0.800. The van der Waals surface area contributed by atoms with E-state index in [2.05, 4.69) is 5.16 Å². The van der Waals surface area contributed by atoms with Gasteiger partial charge in [-0.15, -0.1) is 0 Å². The first-order valence-corrected chi connectivity index (χ1v) is 4.50. The first-order chi connectivity index (χ1) is 6.81. The standard InChI is InChI=1S/C10H12N2O2/c1-7-9-6-8(13-5-4-11)2-3-10(9)14-12-7/h2-3,6H,4-5,11H2,1H3. The van der Waals surface area contributed by atoms with E-state index in [0.717, 1.165) is 22.4 Å². The summed E-state index contributed by atoms with van der Waals surface area (Å²) in [6.45, 7) is 2.94. The van der Waals surface area contributed by atoms with Crippen molar-refractivity contribution >= 4 is 11.0 Å². The van der Waals surface area contributed by atoms with Crippen molar-refractivity contribution < 1.29 is 9.26 Å². The number of benzene rings is 1. The molecule has 0 saturated carbocycles. The fraction of sp³-hybridized carbons (Fsp3) is 0.300. The number of hydrogen-bond donors (Lipinski definition) is 1. The second-order valence-corrected chi connectivity index (χ2v) is 3.06. The summed E-state index contributed by atoms with van der Waals surface area (Å²) in [5.41, 5.74) is 7.00. The lowest BCUT2D eigenvalue weighted by Crippen LogP contribution is -2.10. The van der Waals surface area contributed by atoms with Crippen LogP contribution in [0.3, 0.4) is 0 Å². The maximum absolute atomic E-state index is 5.39. The van der Waals surface area contributed by atoms with Gasteiger partial charge in [-0.1, -0.05) is 5.16 Å². The molecular weight excluding hydrogens is 180 g/mol. The average molecular weight is 192 g/mol. The molecule has 1 aromatic heterocycles. The lowest BCUT2D eigenvalue weighted by molar-refractivity contribution is 0.328. The van der Waals surface area contributed by atoms with Crippen molar-refractivity contribution in [1.29, 1.82) is 0 Å². The molecule has 0 fully saturated rings. The summed E-state index contributed by atoms with van der Waals surface area (Å²) in [4.78, 5) is 0. The normalized spacial score (nSPS) is 10.7. The summed E-state index contributed by atoms with van der Waals surface area (Å²) in [7, 11) is 0.